The van der Waals surface area contributed by atoms with Crippen molar-refractivity contribution in [1.29, 1.82) is 0 Å². The molecule has 196 valence electrons. The Hall–Kier alpha value is -4.02. The molecule has 6 rings (SSSR count). The molecule has 1 aromatic heterocycles. The van der Waals surface area contributed by atoms with Gasteiger partial charge in [-0.05, 0) is 69.2 Å². The number of fused-ring (bicyclic) bond motifs is 3. The number of methoxy groups -OCH3 is 2. The van der Waals surface area contributed by atoms with Crippen LogP contribution in [0.25, 0.3) is 11.8 Å². The number of hydrogen-bond donors (Lipinski definition) is 0. The van der Waals surface area contributed by atoms with E-state index in [1.54, 1.807) is 43.1 Å². The number of aryl methyl sites for hydroxylation is 1. The highest BCUT2D eigenvalue weighted by atomic mass is 79.9. The number of benzene rings is 3. The van der Waals surface area contributed by atoms with E-state index in [0.717, 1.165) is 28.8 Å². The molecule has 1 aliphatic carbocycles. The zero-order chi connectivity index (χ0) is 27.3. The van der Waals surface area contributed by atoms with E-state index < -0.39 is 11.0 Å². The van der Waals surface area contributed by atoms with Gasteiger partial charge >= 0.3 is 0 Å². The Balaban J connectivity index is 1.60. The van der Waals surface area contributed by atoms with Crippen LogP contribution >= 0.6 is 27.3 Å². The minimum Gasteiger partial charge on any atom is -0.493 e. The predicted molar refractivity (Wildman–Crippen MR) is 153 cm³/mol. The van der Waals surface area contributed by atoms with Crippen molar-refractivity contribution < 1.29 is 14.4 Å². The molecule has 2 heterocycles. The number of nitro benzene ring substituents is 1. The molecule has 3 aromatic carbocycles. The highest BCUT2D eigenvalue weighted by Crippen LogP contribution is 2.42. The van der Waals surface area contributed by atoms with Crippen LogP contribution in [0.3, 0.4) is 0 Å². The standard InChI is InChI=1S/C29H22BrN3O5S/c1-37-23-13-16(12-22(30)27(23)38-2)14-24-28(34)32-26(18-7-5-8-19(15-18)33(35)36)21-11-10-17-6-3-4-9-20(17)25(21)31-29(32)39-24/h3-9,12-15,26H,10-11H2,1-2H3/b24-14+/t26-/m1/s1. The van der Waals surface area contributed by atoms with E-state index in [1.165, 1.54) is 23.0 Å². The molecule has 4 aromatic rings. The van der Waals surface area contributed by atoms with Crippen LogP contribution < -0.4 is 24.4 Å². The van der Waals surface area contributed by atoms with Gasteiger partial charge in [-0.1, -0.05) is 47.7 Å². The first kappa shape index (κ1) is 25.3. The summed E-state index contributed by atoms with van der Waals surface area (Å²) < 4.78 is 13.8. The molecule has 0 fully saturated rings. The molecule has 0 radical (unpaired) electrons. The maximum absolute atomic E-state index is 14.0. The van der Waals surface area contributed by atoms with Crippen LogP contribution in [0.1, 0.15) is 34.7 Å². The third-order valence-electron chi connectivity index (χ3n) is 7.02. The molecular formula is C29H22BrN3O5S. The summed E-state index contributed by atoms with van der Waals surface area (Å²) in [6.45, 7) is 0. The summed E-state index contributed by atoms with van der Waals surface area (Å²) >= 11 is 4.82. The number of allylic oxidation sites excluding steroid dienone is 1. The number of rotatable bonds is 5. The highest BCUT2D eigenvalue weighted by molar-refractivity contribution is 9.10. The summed E-state index contributed by atoms with van der Waals surface area (Å²) in [6.07, 6.45) is 3.31. The predicted octanol–water partition coefficient (Wildman–Crippen LogP) is 5.01. The fourth-order valence-corrected chi connectivity index (χ4v) is 6.93. The Bertz CT molecular complexity index is 1870. The van der Waals surface area contributed by atoms with Gasteiger partial charge in [0.25, 0.3) is 11.2 Å². The van der Waals surface area contributed by atoms with Crippen molar-refractivity contribution in [1.82, 2.24) is 4.57 Å². The molecule has 0 bridgehead atoms. The number of non-ortho nitro benzene ring substituents is 1. The van der Waals surface area contributed by atoms with Crippen molar-refractivity contribution in [2.45, 2.75) is 18.9 Å². The average Bonchev–Trinajstić information content (AvgIpc) is 3.25. The fourth-order valence-electron chi connectivity index (χ4n) is 5.30. The SMILES string of the molecule is COc1cc(/C=c2/sc3n(c2=O)[C@H](c2cccc([N+](=O)[O-])c2)C2=C(N=3)c3ccccc3CC2)cc(Br)c1OC. The van der Waals surface area contributed by atoms with Crippen LogP contribution in [0, 0.1) is 10.1 Å². The van der Waals surface area contributed by atoms with Gasteiger partial charge in [0.1, 0.15) is 0 Å². The Labute approximate surface area is 235 Å². The number of thiazole rings is 1. The number of aromatic nitrogens is 1. The van der Waals surface area contributed by atoms with Gasteiger partial charge < -0.3 is 9.47 Å². The van der Waals surface area contributed by atoms with E-state index >= 15 is 0 Å². The van der Waals surface area contributed by atoms with Crippen molar-refractivity contribution in [3.05, 3.63) is 123 Å². The molecule has 39 heavy (non-hydrogen) atoms. The van der Waals surface area contributed by atoms with Gasteiger partial charge in [-0.3, -0.25) is 19.5 Å². The molecule has 0 amide bonds. The fraction of sp³-hybridized carbons (Fsp3) is 0.172. The van der Waals surface area contributed by atoms with Crippen LogP contribution in [0.15, 0.2) is 80.5 Å². The van der Waals surface area contributed by atoms with Crippen molar-refractivity contribution >= 4 is 44.7 Å². The summed E-state index contributed by atoms with van der Waals surface area (Å²) in [5.74, 6) is 1.10. The topological polar surface area (TPSA) is 96.0 Å². The molecule has 2 aliphatic rings. The number of hydrogen-bond acceptors (Lipinski definition) is 7. The molecule has 1 aliphatic heterocycles. The average molecular weight is 604 g/mol. The normalized spacial score (nSPS) is 16.2. The summed E-state index contributed by atoms with van der Waals surface area (Å²) in [7, 11) is 3.12. The molecule has 0 spiro atoms. The van der Waals surface area contributed by atoms with E-state index in [-0.39, 0.29) is 11.2 Å². The zero-order valence-corrected chi connectivity index (χ0v) is 23.4. The summed E-state index contributed by atoms with van der Waals surface area (Å²) in [4.78, 5) is 30.7. The van der Waals surface area contributed by atoms with Gasteiger partial charge in [0.05, 0.1) is 39.9 Å². The third kappa shape index (κ3) is 4.29. The first-order chi connectivity index (χ1) is 18.9. The van der Waals surface area contributed by atoms with Gasteiger partial charge in [0.2, 0.25) is 0 Å². The number of halogens is 1. The Kier molecular flexibility index (Phi) is 6.44. The molecule has 0 saturated carbocycles. The molecule has 0 N–H and O–H groups in total. The lowest BCUT2D eigenvalue weighted by Gasteiger charge is -2.30. The van der Waals surface area contributed by atoms with Gasteiger partial charge in [-0.15, -0.1) is 0 Å². The van der Waals surface area contributed by atoms with E-state index in [0.29, 0.717) is 37.3 Å². The highest BCUT2D eigenvalue weighted by Gasteiger charge is 2.33. The number of nitrogens with zero attached hydrogens (tertiary/aromatic N) is 3. The minimum atomic E-state index is -0.496. The minimum absolute atomic E-state index is 0.0137. The smallest absolute Gasteiger partial charge is 0.271 e. The first-order valence-electron chi connectivity index (χ1n) is 12.2. The van der Waals surface area contributed by atoms with E-state index in [4.69, 9.17) is 14.5 Å². The van der Waals surface area contributed by atoms with E-state index in [9.17, 15) is 14.9 Å². The van der Waals surface area contributed by atoms with Gasteiger partial charge in [-0.2, -0.15) is 0 Å². The monoisotopic (exact) mass is 603 g/mol. The lowest BCUT2D eigenvalue weighted by molar-refractivity contribution is -0.384. The quantitative estimate of drug-likeness (QED) is 0.236. The lowest BCUT2D eigenvalue weighted by Crippen LogP contribution is -2.38. The van der Waals surface area contributed by atoms with Crippen LogP contribution in [0.4, 0.5) is 5.69 Å². The molecule has 1 atom stereocenters. The zero-order valence-electron chi connectivity index (χ0n) is 21.0. The van der Waals surface area contributed by atoms with Crippen LogP contribution in [0.2, 0.25) is 0 Å². The largest absolute Gasteiger partial charge is 0.493 e. The lowest BCUT2D eigenvalue weighted by atomic mass is 9.83. The second-order valence-electron chi connectivity index (χ2n) is 9.20. The second kappa shape index (κ2) is 9.94. The van der Waals surface area contributed by atoms with Gasteiger partial charge in [0, 0.05) is 17.7 Å². The molecule has 0 unspecified atom stereocenters. The van der Waals surface area contributed by atoms with Gasteiger partial charge in [0.15, 0.2) is 16.3 Å². The molecular weight excluding hydrogens is 582 g/mol. The Morgan fingerprint density at radius 3 is 2.69 bits per heavy atom. The van der Waals surface area contributed by atoms with Crippen molar-refractivity contribution in [3.8, 4) is 11.5 Å². The second-order valence-corrected chi connectivity index (χ2v) is 11.1. The molecule has 8 nitrogen and oxygen atoms in total. The van der Waals surface area contributed by atoms with Crippen LogP contribution in [-0.4, -0.2) is 23.7 Å². The molecule has 10 heteroatoms. The molecule has 0 saturated heterocycles. The number of nitro groups is 1. The van der Waals surface area contributed by atoms with E-state index in [1.807, 2.05) is 30.3 Å². The van der Waals surface area contributed by atoms with E-state index in [2.05, 4.69) is 22.0 Å². The van der Waals surface area contributed by atoms with Crippen molar-refractivity contribution in [3.63, 3.8) is 0 Å². The first-order valence-corrected chi connectivity index (χ1v) is 13.8. The number of ether oxygens (including phenoxy) is 2. The maximum Gasteiger partial charge on any atom is 0.271 e. The summed E-state index contributed by atoms with van der Waals surface area (Å²) in [5.41, 5.74) is 5.30. The Morgan fingerprint density at radius 1 is 1.10 bits per heavy atom. The third-order valence-corrected chi connectivity index (χ3v) is 8.60. The summed E-state index contributed by atoms with van der Waals surface area (Å²) in [5, 5.41) is 11.6. The van der Waals surface area contributed by atoms with Crippen molar-refractivity contribution in [2.24, 2.45) is 4.99 Å². The van der Waals surface area contributed by atoms with Crippen LogP contribution in [-0.2, 0) is 6.42 Å². The van der Waals surface area contributed by atoms with Crippen molar-refractivity contribution in [2.75, 3.05) is 14.2 Å². The Morgan fingerprint density at radius 2 is 1.92 bits per heavy atom. The van der Waals surface area contributed by atoms with Gasteiger partial charge in [-0.25, -0.2) is 4.99 Å². The maximum atomic E-state index is 14.0. The van der Waals surface area contributed by atoms with Crippen LogP contribution in [0.5, 0.6) is 11.5 Å². The summed E-state index contributed by atoms with van der Waals surface area (Å²) in [6, 6.07) is 17.9.